The molecule has 2 aliphatic rings. The molecule has 18 atom stereocenters. The molecule has 4 aromatic rings. The van der Waals surface area contributed by atoms with E-state index in [-0.39, 0.29) is 93.5 Å². The molecular weight excluding hydrogens is 1640 g/mol. The van der Waals surface area contributed by atoms with Crippen molar-refractivity contribution in [1.82, 2.24) is 66.6 Å². The highest BCUT2D eigenvalue weighted by atomic mass is 32.2. The average molecular weight is 1770 g/mol. The molecule has 694 valence electrons. The Balaban J connectivity index is 1.02. The van der Waals surface area contributed by atoms with E-state index in [1.165, 1.54) is 51.3 Å². The van der Waals surface area contributed by atoms with Crippen molar-refractivity contribution in [3.05, 3.63) is 89.7 Å². The fourth-order valence-electron chi connectivity index (χ4n) is 15.0. The molecule has 2 aromatic heterocycles. The number of amides is 10. The molecule has 10 amide bonds. The fourth-order valence-corrected chi connectivity index (χ4v) is 15.7. The minimum atomic E-state index is -4.72. The van der Waals surface area contributed by atoms with Crippen LogP contribution in [0.15, 0.2) is 72.9 Å². The third kappa shape index (κ3) is 29.8. The van der Waals surface area contributed by atoms with Gasteiger partial charge in [-0.3, -0.25) is 58.0 Å². The van der Waals surface area contributed by atoms with Crippen LogP contribution in [0.5, 0.6) is 5.75 Å². The molecule has 0 aliphatic carbocycles. The maximum absolute atomic E-state index is 15.0. The number of hydrogen-bond acceptors (Lipinski definition) is 27. The molecule has 0 unspecified atom stereocenters. The Bertz CT molecular complexity index is 4260. The number of likely N-dealkylation sites (N-methyl/N-ethyl adjacent to an activating group) is 2. The number of benzene rings is 2. The van der Waals surface area contributed by atoms with E-state index < -0.39 is 198 Å². The van der Waals surface area contributed by atoms with Crippen molar-refractivity contribution >= 4 is 86.1 Å². The molecular formula is C84H132N14O25S. The summed E-state index contributed by atoms with van der Waals surface area (Å²) >= 11 is 0. The predicted molar refractivity (Wildman–Crippen MR) is 455 cm³/mol. The second-order valence-electron chi connectivity index (χ2n) is 32.6. The molecule has 124 heavy (non-hydrogen) atoms. The average Bonchev–Trinajstić information content (AvgIpc) is 1.49. The lowest BCUT2D eigenvalue weighted by molar-refractivity contribution is -0.277. The molecule has 0 radical (unpaired) electrons. The minimum Gasteiger partial charge on any atom is -0.460 e. The zero-order valence-electron chi connectivity index (χ0n) is 74.1. The van der Waals surface area contributed by atoms with Crippen molar-refractivity contribution in [1.29, 1.82) is 0 Å². The Morgan fingerprint density at radius 1 is 0.710 bits per heavy atom. The molecule has 14 N–H and O–H groups in total. The zero-order chi connectivity index (χ0) is 92.1. The number of hydrogen-bond donors (Lipinski definition) is 14. The van der Waals surface area contributed by atoms with Gasteiger partial charge < -0.3 is 110 Å². The number of aryl methyl sites for hydroxylation is 1. The summed E-state index contributed by atoms with van der Waals surface area (Å²) in [5.41, 5.74) is 5.20. The number of hydrazine groups is 1. The van der Waals surface area contributed by atoms with Crippen molar-refractivity contribution in [2.45, 2.75) is 232 Å². The van der Waals surface area contributed by atoms with Gasteiger partial charge in [0.1, 0.15) is 78.4 Å². The summed E-state index contributed by atoms with van der Waals surface area (Å²) in [4.78, 5) is 148. The molecule has 0 saturated carbocycles. The molecule has 2 fully saturated rings. The summed E-state index contributed by atoms with van der Waals surface area (Å²) in [5.74, 6) is -9.45. The molecule has 2 aromatic carbocycles. The van der Waals surface area contributed by atoms with Gasteiger partial charge in [0.2, 0.25) is 59.5 Å². The summed E-state index contributed by atoms with van der Waals surface area (Å²) < 4.78 is 75.9. The predicted octanol–water partition coefficient (Wildman–Crippen LogP) is 1.26. The van der Waals surface area contributed by atoms with Gasteiger partial charge in [-0.1, -0.05) is 105 Å². The number of nitrogens with one attached hydrogen (secondary N) is 8. The van der Waals surface area contributed by atoms with E-state index in [2.05, 4.69) is 47.6 Å². The third-order valence-corrected chi connectivity index (χ3v) is 23.1. The Labute approximate surface area is 725 Å². The van der Waals surface area contributed by atoms with Crippen molar-refractivity contribution in [2.75, 3.05) is 99.6 Å². The van der Waals surface area contributed by atoms with Gasteiger partial charge in [0, 0.05) is 85.1 Å². The monoisotopic (exact) mass is 1770 g/mol. The molecule has 40 heteroatoms. The van der Waals surface area contributed by atoms with Crippen molar-refractivity contribution < 1.29 is 120 Å². The Hall–Kier alpha value is -9.14. The number of rotatable bonds is 50. The maximum atomic E-state index is 15.0. The molecule has 39 nitrogen and oxygen atoms in total. The topological polar surface area (TPSA) is 518 Å². The number of carbonyl (C=O) groups excluding carboxylic acids is 10. The van der Waals surface area contributed by atoms with Crippen LogP contribution in [0.4, 0.5) is 10.5 Å². The Morgan fingerprint density at radius 3 is 2.00 bits per heavy atom. The highest BCUT2D eigenvalue weighted by molar-refractivity contribution is 7.85. The lowest BCUT2D eigenvalue weighted by atomic mass is 9.89. The first-order valence-electron chi connectivity index (χ1n) is 42.0. The lowest BCUT2D eigenvalue weighted by Gasteiger charge is -2.41. The zero-order valence-corrected chi connectivity index (χ0v) is 74.9. The summed E-state index contributed by atoms with van der Waals surface area (Å²) in [5, 5.41) is 74.6. The third-order valence-electron chi connectivity index (χ3n) is 22.4. The molecule has 4 heterocycles. The van der Waals surface area contributed by atoms with Gasteiger partial charge in [-0.2, -0.15) is 8.42 Å². The number of methoxy groups -OCH3 is 2. The van der Waals surface area contributed by atoms with Gasteiger partial charge in [-0.15, -0.1) is 0 Å². The normalized spacial score (nSPS) is 19.7. The Morgan fingerprint density at radius 2 is 1.38 bits per heavy atom. The van der Waals surface area contributed by atoms with Gasteiger partial charge in [-0.05, 0) is 98.9 Å². The van der Waals surface area contributed by atoms with E-state index in [1.807, 2.05) is 48.7 Å². The van der Waals surface area contributed by atoms with Crippen LogP contribution in [-0.4, -0.2) is 313 Å². The molecule has 0 spiro atoms. The first kappa shape index (κ1) is 104. The summed E-state index contributed by atoms with van der Waals surface area (Å²) in [6, 6.07) is 10.3. The van der Waals surface area contributed by atoms with E-state index in [0.29, 0.717) is 43.6 Å². The quantitative estimate of drug-likeness (QED) is 0.0168. The van der Waals surface area contributed by atoms with Crippen molar-refractivity contribution in [2.24, 2.45) is 29.6 Å². The highest BCUT2D eigenvalue weighted by Gasteiger charge is 2.47. The summed E-state index contributed by atoms with van der Waals surface area (Å²) in [6.45, 7) is 18.2. The van der Waals surface area contributed by atoms with E-state index in [1.54, 1.807) is 111 Å². The summed E-state index contributed by atoms with van der Waals surface area (Å²) in [6.07, 6.45) is -9.47. The van der Waals surface area contributed by atoms with Crippen molar-refractivity contribution in [3.8, 4) is 5.75 Å². The molecule has 2 aliphatic heterocycles. The van der Waals surface area contributed by atoms with Crippen molar-refractivity contribution in [3.63, 3.8) is 0 Å². The van der Waals surface area contributed by atoms with Crippen LogP contribution in [0.3, 0.4) is 0 Å². The molecule has 0 bridgehead atoms. The number of ether oxygens (including phenoxy) is 7. The number of aromatic nitrogens is 2. The van der Waals surface area contributed by atoms with E-state index in [9.17, 15) is 86.4 Å². The second-order valence-corrected chi connectivity index (χ2v) is 34.1. The van der Waals surface area contributed by atoms with E-state index >= 15 is 0 Å². The number of pyridine rings is 1. The van der Waals surface area contributed by atoms with Crippen LogP contribution in [0.1, 0.15) is 138 Å². The fraction of sp³-hybridized carbons (Fsp3) is 0.655. The van der Waals surface area contributed by atoms with Gasteiger partial charge in [0.05, 0.1) is 94.0 Å². The van der Waals surface area contributed by atoms with Crippen LogP contribution in [0.2, 0.25) is 0 Å². The summed E-state index contributed by atoms with van der Waals surface area (Å²) in [7, 11) is 4.76. The minimum absolute atomic E-state index is 0.00804. The smallest absolute Gasteiger partial charge is 0.410 e. The van der Waals surface area contributed by atoms with Crippen LogP contribution in [0, 0.1) is 29.6 Å². The number of anilines is 1. The standard InChI is InChI=1S/C84H132N14O25S/c1-18-50(8)70(62(117-16)42-66(102)98-34-23-27-60(98)75(118-17)51(9)77(107)88-52(10)71(103)55-24-20-19-21-25-55)95(14)82(112)68(48(4)5)93-81(111)69(49(6)7)96(15)84(113)121-45-54-28-29-58(61(40-54)122-83-74(106)73(105)72(104)63(44-99)123-83)91-78(108)53(11)89-80(110)67(47(2)3)92-65(101)31-36-119-38-39-120-37-33-87-79(109)59(46-124(114,115)116)90-64(100)30-35-97-57(43-94(13)85-12)41-56-26-22-32-86-76(56)97/h19-22,24-26,28-29,32,40-41,47-53,59-60,62-63,67-75,83,85,99,103-106H,18,23,27,30-31,33-39,42-46H2,1-17H3,(H,87,109)(H,88,107)(H,89,110)(H,90,100)(H,91,108)(H,92,101)(H,93,111)(H,114,115,116)/t50-,51+,52+,53-,59-,60-,62+,63+,67-,68-,69-,70-,71+,72+,73-,74-,75+,83+/m0/s1. The van der Waals surface area contributed by atoms with Crippen LogP contribution in [-0.2, 0) is 101 Å². The van der Waals surface area contributed by atoms with Gasteiger partial charge in [0.25, 0.3) is 10.1 Å². The van der Waals surface area contributed by atoms with Crippen LogP contribution in [0.25, 0.3) is 11.0 Å². The van der Waals surface area contributed by atoms with Crippen LogP contribution < -0.4 is 47.4 Å². The highest BCUT2D eigenvalue weighted by Crippen LogP contribution is 2.34. The van der Waals surface area contributed by atoms with E-state index in [0.717, 1.165) is 16.0 Å². The second kappa shape index (κ2) is 49.7. The largest absolute Gasteiger partial charge is 0.460 e. The van der Waals surface area contributed by atoms with Crippen LogP contribution >= 0.6 is 0 Å². The number of likely N-dealkylation sites (tertiary alicyclic amines) is 1. The Kier molecular flexibility index (Phi) is 41.5. The van der Waals surface area contributed by atoms with Gasteiger partial charge in [-0.25, -0.2) is 14.8 Å². The first-order valence-corrected chi connectivity index (χ1v) is 43.6. The number of nitrogens with zero attached hydrogens (tertiary/aromatic N) is 6. The molecule has 6 rings (SSSR count). The lowest BCUT2D eigenvalue weighted by Crippen LogP contribution is -2.60. The number of carbonyl (C=O) groups is 10. The first-order chi connectivity index (χ1) is 58.6. The SMILES string of the molecule is CC[C@H](C)[C@@H]([C@@H](CC(=O)N1CCC[C@H]1[C@H](OC)[C@@H](C)C(=O)N[C@H](C)[C@@H](O)c1ccccc1)OC)N(C)C(=O)[C@@H](NC(=O)[C@H](C(C)C)N(C)C(=O)OCc1ccc(NC(=O)[C@H](C)NC(=O)[C@@H](NC(=O)CCOCCOCCNC(=O)[C@H](CS(=O)(=O)O)NC(=O)CCn2c(CN(C)NC)cc3cccnc32)C(C)C)c(O[C@@H]2O[C@H](CO)[C@@H](O)[C@H](O)[C@@H]2O)c1)C(C)C. The number of aliphatic hydroxyl groups excluding tert-OH is 5. The van der Waals surface area contributed by atoms with Gasteiger partial charge >= 0.3 is 6.09 Å². The molecule has 2 saturated heterocycles. The van der Waals surface area contributed by atoms with E-state index in [4.69, 9.17) is 33.2 Å². The number of aliphatic hydroxyl groups is 5. The maximum Gasteiger partial charge on any atom is 0.410 e. The number of fused-ring (bicyclic) bond motifs is 1. The van der Waals surface area contributed by atoms with Gasteiger partial charge in [0.15, 0.2) is 0 Å².